The fraction of sp³-hybridized carbons (Fsp3) is 0.667. The second kappa shape index (κ2) is 22.3. The largest absolute Gasteiger partial charge is 0.490 e. The first-order valence-corrected chi connectivity index (χ1v) is 24.5. The maximum absolute atomic E-state index is 12.7. The van der Waals surface area contributed by atoms with Crippen molar-refractivity contribution in [3.8, 4) is 11.8 Å². The molecule has 7 N–H and O–H groups in total. The Bertz CT molecular complexity index is 1710. The lowest BCUT2D eigenvalue weighted by Crippen LogP contribution is -2.34. The molecule has 0 bridgehead atoms. The summed E-state index contributed by atoms with van der Waals surface area (Å²) in [7, 11) is -11.3. The van der Waals surface area contributed by atoms with Gasteiger partial charge in [-0.2, -0.15) is 8.62 Å². The van der Waals surface area contributed by atoms with Crippen molar-refractivity contribution in [2.45, 2.75) is 51.2 Å². The topological polar surface area (TPSA) is 310 Å². The third-order valence-corrected chi connectivity index (χ3v) is 13.2. The SMILES string of the molecule is CSSCO[C@H]1C[C@H](n2cc(C#CCNC(=O)OCCSSCCNC(=O)OC(C)(C)C)c(=O)[nH]c2=O)O[C@@H]1COP(=O)(O)OP(=O)(O)OP(=O)(O)O. The predicted molar refractivity (Wildman–Crippen MR) is 196 cm³/mol. The van der Waals surface area contributed by atoms with Crippen LogP contribution >= 0.6 is 66.6 Å². The molecule has 1 aliphatic rings. The third-order valence-electron chi connectivity index (χ3n) is 5.61. The molecule has 53 heavy (non-hydrogen) atoms. The van der Waals surface area contributed by atoms with E-state index in [2.05, 4.69) is 40.6 Å². The second-order valence-corrected chi connectivity index (χ2v) is 20.6. The van der Waals surface area contributed by atoms with Crippen LogP contribution in [0.25, 0.3) is 0 Å². The van der Waals surface area contributed by atoms with E-state index in [0.29, 0.717) is 18.1 Å². The predicted octanol–water partition coefficient (Wildman–Crippen LogP) is 2.51. The summed E-state index contributed by atoms with van der Waals surface area (Å²) in [6.45, 7) is 4.71. The van der Waals surface area contributed by atoms with E-state index < -0.39 is 77.5 Å². The van der Waals surface area contributed by atoms with Crippen LogP contribution in [0.2, 0.25) is 0 Å². The highest BCUT2D eigenvalue weighted by molar-refractivity contribution is 8.76. The van der Waals surface area contributed by atoms with Crippen LogP contribution in [0, 0.1) is 11.8 Å². The van der Waals surface area contributed by atoms with E-state index in [9.17, 15) is 42.7 Å². The minimum Gasteiger partial charge on any atom is -0.449 e. The maximum atomic E-state index is 12.7. The van der Waals surface area contributed by atoms with E-state index in [1.165, 1.54) is 43.2 Å². The third kappa shape index (κ3) is 20.3. The van der Waals surface area contributed by atoms with Gasteiger partial charge in [-0.25, -0.2) is 28.1 Å². The van der Waals surface area contributed by atoms with Gasteiger partial charge in [0.25, 0.3) is 5.56 Å². The van der Waals surface area contributed by atoms with Crippen LogP contribution in [0.1, 0.15) is 39.0 Å². The Labute approximate surface area is 318 Å². The zero-order valence-electron chi connectivity index (χ0n) is 28.4. The number of carbonyl (C=O) groups is 2. The van der Waals surface area contributed by atoms with Crippen molar-refractivity contribution in [3.63, 3.8) is 0 Å². The Hall–Kier alpha value is -1.49. The zero-order valence-corrected chi connectivity index (χ0v) is 34.3. The number of hydrogen-bond acceptors (Lipinski definition) is 18. The highest BCUT2D eigenvalue weighted by Crippen LogP contribution is 2.66. The van der Waals surface area contributed by atoms with Gasteiger partial charge in [0.2, 0.25) is 0 Å². The molecule has 0 radical (unpaired) electrons. The second-order valence-electron chi connectivity index (χ2n) is 10.9. The van der Waals surface area contributed by atoms with Gasteiger partial charge in [0.1, 0.15) is 36.0 Å². The summed E-state index contributed by atoms with van der Waals surface area (Å²) in [5.74, 6) is 6.26. The lowest BCUT2D eigenvalue weighted by atomic mass is 10.2. The van der Waals surface area contributed by atoms with Gasteiger partial charge in [-0.05, 0) is 27.0 Å². The number of carbonyl (C=O) groups excluding carboxylic acids is 2. The molecule has 5 atom stereocenters. The number of phosphoric ester groups is 1. The fourth-order valence-corrected chi connectivity index (χ4v) is 9.27. The number of H-pyrrole nitrogens is 1. The first kappa shape index (κ1) is 47.7. The summed E-state index contributed by atoms with van der Waals surface area (Å²) in [6.07, 6.45) is -1.74. The van der Waals surface area contributed by atoms with E-state index in [0.717, 1.165) is 10.8 Å². The number of nitrogens with zero attached hydrogens (tertiary/aromatic N) is 1. The van der Waals surface area contributed by atoms with Crippen LogP contribution in [0.3, 0.4) is 0 Å². The number of aromatic amines is 1. The molecule has 2 amide bonds. The van der Waals surface area contributed by atoms with Crippen LogP contribution in [0.5, 0.6) is 0 Å². The lowest BCUT2D eigenvalue weighted by Gasteiger charge is -2.21. The summed E-state index contributed by atoms with van der Waals surface area (Å²) in [5.41, 5.74) is -2.53. The van der Waals surface area contributed by atoms with Gasteiger partial charge < -0.3 is 49.2 Å². The van der Waals surface area contributed by atoms with Crippen molar-refractivity contribution >= 4 is 78.8 Å². The molecule has 2 heterocycles. The van der Waals surface area contributed by atoms with Gasteiger partial charge in [-0.1, -0.05) is 55.0 Å². The van der Waals surface area contributed by atoms with Crippen molar-refractivity contribution in [1.29, 1.82) is 0 Å². The molecule has 2 rings (SSSR count). The van der Waals surface area contributed by atoms with Crippen molar-refractivity contribution < 1.29 is 75.0 Å². The monoisotopic (exact) mass is 892 g/mol. The molecule has 1 aromatic rings. The van der Waals surface area contributed by atoms with Crippen LogP contribution < -0.4 is 21.9 Å². The molecule has 1 saturated heterocycles. The standard InChI is InChI=1S/C24H39N4O18P3S4/c1-24(2,3)44-23(32)26-8-10-51-52-11-9-40-22(31)25-7-5-6-16-13-28(21(30)27-20(16)29)19-12-17(41-15-53-50-4)18(43-19)14-42-48(36,37)46-49(38,39)45-47(33,34)35/h13,17-19H,7-12,14-15H2,1-4H3,(H,25,31)(H,26,32)(H,36,37)(H,38,39)(H,27,29,30)(H2,33,34,35)/t17-,18+,19+/m0/s1. The van der Waals surface area contributed by atoms with Crippen molar-refractivity contribution in [1.82, 2.24) is 20.2 Å². The number of alkyl carbamates (subject to hydrolysis) is 2. The molecule has 302 valence electrons. The van der Waals surface area contributed by atoms with Gasteiger partial charge in [-0.15, -0.1) is 0 Å². The molecule has 1 aromatic heterocycles. The molecular weight excluding hydrogens is 853 g/mol. The lowest BCUT2D eigenvalue weighted by molar-refractivity contribution is -0.0543. The van der Waals surface area contributed by atoms with Crippen LogP contribution in [-0.2, 0) is 45.8 Å². The smallest absolute Gasteiger partial charge is 0.449 e. The molecule has 1 aliphatic heterocycles. The minimum atomic E-state index is -5.76. The van der Waals surface area contributed by atoms with E-state index in [1.807, 2.05) is 0 Å². The molecule has 0 aliphatic carbocycles. The zero-order chi connectivity index (χ0) is 39.9. The average Bonchev–Trinajstić information content (AvgIpc) is 3.40. The number of rotatable bonds is 20. The van der Waals surface area contributed by atoms with Crippen molar-refractivity contribution in [2.75, 3.05) is 50.0 Å². The van der Waals surface area contributed by atoms with E-state index in [4.69, 9.17) is 28.7 Å². The van der Waals surface area contributed by atoms with Gasteiger partial charge in [0.05, 0.1) is 19.3 Å². The Morgan fingerprint density at radius 2 is 1.74 bits per heavy atom. The summed E-state index contributed by atoms with van der Waals surface area (Å²) in [5, 5.41) is 5.03. The minimum absolute atomic E-state index is 0.0641. The molecule has 29 heteroatoms. The number of aromatic nitrogens is 2. The van der Waals surface area contributed by atoms with E-state index in [1.54, 1.807) is 27.0 Å². The molecule has 1 fully saturated rings. The normalized spacial score (nSPS) is 19.7. The Morgan fingerprint density at radius 3 is 2.40 bits per heavy atom. The number of phosphoric acid groups is 3. The first-order valence-electron chi connectivity index (χ1n) is 14.8. The number of amides is 2. The highest BCUT2D eigenvalue weighted by Gasteiger charge is 2.43. The summed E-state index contributed by atoms with van der Waals surface area (Å²) in [4.78, 5) is 87.4. The highest BCUT2D eigenvalue weighted by atomic mass is 33.1. The van der Waals surface area contributed by atoms with Crippen LogP contribution in [0.15, 0.2) is 15.8 Å². The maximum Gasteiger partial charge on any atom is 0.490 e. The first-order chi connectivity index (χ1) is 24.6. The number of nitrogens with one attached hydrogen (secondary N) is 3. The quantitative estimate of drug-likeness (QED) is 0.0325. The van der Waals surface area contributed by atoms with Gasteiger partial charge >= 0.3 is 41.3 Å². The van der Waals surface area contributed by atoms with Crippen molar-refractivity contribution in [2.24, 2.45) is 0 Å². The summed E-state index contributed by atoms with van der Waals surface area (Å²) in [6, 6.07) is 0. The molecule has 2 unspecified atom stereocenters. The van der Waals surface area contributed by atoms with Gasteiger partial charge in [0.15, 0.2) is 0 Å². The number of hydrogen-bond donors (Lipinski definition) is 7. The Morgan fingerprint density at radius 1 is 1.04 bits per heavy atom. The van der Waals surface area contributed by atoms with Crippen LogP contribution in [-0.4, -0.2) is 109 Å². The van der Waals surface area contributed by atoms with Gasteiger partial charge in [0, 0.05) is 30.7 Å². The summed E-state index contributed by atoms with van der Waals surface area (Å²) < 4.78 is 69.5. The van der Waals surface area contributed by atoms with Gasteiger partial charge in [-0.3, -0.25) is 18.9 Å². The average molecular weight is 893 g/mol. The molecular formula is C24H39N4O18P3S4. The molecule has 22 nitrogen and oxygen atoms in total. The Kier molecular flexibility index (Phi) is 20.1. The molecule has 0 saturated carbocycles. The number of ether oxygens (including phenoxy) is 4. The van der Waals surface area contributed by atoms with Crippen LogP contribution in [0.4, 0.5) is 9.59 Å². The molecule has 0 aromatic carbocycles. The molecule has 0 spiro atoms. The van der Waals surface area contributed by atoms with E-state index >= 15 is 0 Å². The van der Waals surface area contributed by atoms with Crippen molar-refractivity contribution in [3.05, 3.63) is 32.6 Å². The Balaban J connectivity index is 1.92. The fourth-order valence-electron chi connectivity index (χ4n) is 3.72. The summed E-state index contributed by atoms with van der Waals surface area (Å²) >= 11 is 0. The van der Waals surface area contributed by atoms with E-state index in [-0.39, 0.29) is 31.1 Å².